The minimum absolute atomic E-state index is 0.000393. The predicted octanol–water partition coefficient (Wildman–Crippen LogP) is 1.64. The molecular weight excluding hydrogens is 346 g/mol. The van der Waals surface area contributed by atoms with Gasteiger partial charge in [-0.3, -0.25) is 0 Å². The van der Waals surface area contributed by atoms with Crippen LogP contribution in [0.2, 0.25) is 0 Å². The molecule has 0 bridgehead atoms. The summed E-state index contributed by atoms with van der Waals surface area (Å²) in [6, 6.07) is 13.0. The molecule has 0 aliphatic carbocycles. The van der Waals surface area contributed by atoms with Gasteiger partial charge in [-0.05, 0) is 48.9 Å². The molecule has 2 N–H and O–H groups in total. The predicted molar refractivity (Wildman–Crippen MR) is 90.9 cm³/mol. The van der Waals surface area contributed by atoms with Crippen molar-refractivity contribution in [2.45, 2.75) is 11.8 Å². The van der Waals surface area contributed by atoms with E-state index in [0.29, 0.717) is 11.5 Å². The highest BCUT2D eigenvalue weighted by Crippen LogP contribution is 2.15. The number of aryl methyl sites for hydroxylation is 1. The fraction of sp³-hybridized carbons (Fsp3) is 0.235. The first-order valence-electron chi connectivity index (χ1n) is 7.45. The monoisotopic (exact) mass is 365 g/mol. The lowest BCUT2D eigenvalue weighted by Gasteiger charge is -2.09. The Labute approximate surface area is 146 Å². The fourth-order valence-corrected chi connectivity index (χ4v) is 2.45. The van der Waals surface area contributed by atoms with E-state index < -0.39 is 16.0 Å². The molecule has 0 unspecified atom stereocenters. The number of hydrogen-bond acceptors (Lipinski definition) is 6. The second kappa shape index (κ2) is 8.50. The first-order valence-corrected chi connectivity index (χ1v) is 9.00. The zero-order valence-corrected chi connectivity index (χ0v) is 14.5. The van der Waals surface area contributed by atoms with E-state index in [0.717, 1.165) is 5.56 Å². The van der Waals surface area contributed by atoms with Crippen LogP contribution in [0.4, 0.5) is 0 Å². The molecule has 0 radical (unpaired) electrons. The summed E-state index contributed by atoms with van der Waals surface area (Å²) in [6.07, 6.45) is 0. The first kappa shape index (κ1) is 18.8. The largest absolute Gasteiger partial charge is 0.490 e. The van der Waals surface area contributed by atoms with Crippen molar-refractivity contribution < 1.29 is 27.4 Å². The Bertz CT molecular complexity index is 817. The summed E-state index contributed by atoms with van der Waals surface area (Å²) in [6.45, 7) is 1.92. The maximum absolute atomic E-state index is 11.6. The fourth-order valence-electron chi connectivity index (χ4n) is 1.93. The van der Waals surface area contributed by atoms with Gasteiger partial charge in [0.2, 0.25) is 10.0 Å². The molecule has 2 aromatic rings. The van der Waals surface area contributed by atoms with Crippen LogP contribution in [-0.4, -0.2) is 34.2 Å². The van der Waals surface area contributed by atoms with Gasteiger partial charge in [0.15, 0.2) is 6.61 Å². The average molecular weight is 365 g/mol. The Morgan fingerprint density at radius 1 is 1.00 bits per heavy atom. The molecule has 0 atom stereocenters. The Kier molecular flexibility index (Phi) is 6.37. The van der Waals surface area contributed by atoms with Crippen LogP contribution in [0.15, 0.2) is 53.4 Å². The Balaban J connectivity index is 1.67. The van der Waals surface area contributed by atoms with E-state index in [9.17, 15) is 13.2 Å². The normalized spacial score (nSPS) is 11.0. The van der Waals surface area contributed by atoms with E-state index in [-0.39, 0.29) is 24.7 Å². The van der Waals surface area contributed by atoms with E-state index in [1.54, 1.807) is 6.07 Å². The highest BCUT2D eigenvalue weighted by atomic mass is 32.2. The molecule has 0 saturated heterocycles. The zero-order valence-electron chi connectivity index (χ0n) is 13.7. The highest BCUT2D eigenvalue weighted by Gasteiger charge is 2.07. The molecule has 2 rings (SSSR count). The lowest BCUT2D eigenvalue weighted by molar-refractivity contribution is -0.146. The van der Waals surface area contributed by atoms with Gasteiger partial charge in [0.1, 0.15) is 24.7 Å². The zero-order chi connectivity index (χ0) is 18.3. The summed E-state index contributed by atoms with van der Waals surface area (Å²) >= 11 is 0. The number of primary sulfonamides is 1. The van der Waals surface area contributed by atoms with E-state index in [1.165, 1.54) is 24.3 Å². The summed E-state index contributed by atoms with van der Waals surface area (Å²) in [5.41, 5.74) is 1.03. The van der Waals surface area contributed by atoms with Crippen molar-refractivity contribution in [3.8, 4) is 11.5 Å². The third-order valence-electron chi connectivity index (χ3n) is 3.11. The molecule has 0 fully saturated rings. The SMILES string of the molecule is Cc1cccc(OCC(=O)OCCOc2ccc(S(N)(=O)=O)cc2)c1. The minimum atomic E-state index is -3.73. The molecule has 0 spiro atoms. The molecule has 7 nitrogen and oxygen atoms in total. The average Bonchev–Trinajstić information content (AvgIpc) is 2.57. The van der Waals surface area contributed by atoms with Gasteiger partial charge < -0.3 is 14.2 Å². The third-order valence-corrected chi connectivity index (χ3v) is 4.04. The highest BCUT2D eigenvalue weighted by molar-refractivity contribution is 7.89. The van der Waals surface area contributed by atoms with Gasteiger partial charge in [-0.2, -0.15) is 0 Å². The van der Waals surface area contributed by atoms with Crippen LogP contribution in [0.3, 0.4) is 0 Å². The maximum atomic E-state index is 11.6. The van der Waals surface area contributed by atoms with Crippen LogP contribution in [0.1, 0.15) is 5.56 Å². The van der Waals surface area contributed by atoms with Crippen molar-refractivity contribution in [2.24, 2.45) is 5.14 Å². The summed E-state index contributed by atoms with van der Waals surface area (Å²) in [4.78, 5) is 11.6. The van der Waals surface area contributed by atoms with Crippen LogP contribution in [0, 0.1) is 6.92 Å². The summed E-state index contributed by atoms with van der Waals surface area (Å²) in [5, 5.41) is 5.00. The number of esters is 1. The van der Waals surface area contributed by atoms with Gasteiger partial charge in [0.05, 0.1) is 4.90 Å². The van der Waals surface area contributed by atoms with Crippen LogP contribution in [0.25, 0.3) is 0 Å². The first-order chi connectivity index (χ1) is 11.8. The van der Waals surface area contributed by atoms with Crippen LogP contribution >= 0.6 is 0 Å². The van der Waals surface area contributed by atoms with Crippen molar-refractivity contribution in [1.82, 2.24) is 0 Å². The number of rotatable bonds is 8. The van der Waals surface area contributed by atoms with E-state index in [2.05, 4.69) is 0 Å². The number of carbonyl (C=O) groups excluding carboxylic acids is 1. The molecule has 0 saturated carbocycles. The number of hydrogen-bond donors (Lipinski definition) is 1. The van der Waals surface area contributed by atoms with E-state index in [1.807, 2.05) is 25.1 Å². The van der Waals surface area contributed by atoms with Gasteiger partial charge >= 0.3 is 5.97 Å². The van der Waals surface area contributed by atoms with Gasteiger partial charge in [0.25, 0.3) is 0 Å². The number of sulfonamides is 1. The number of carbonyl (C=O) groups is 1. The van der Waals surface area contributed by atoms with Crippen LogP contribution < -0.4 is 14.6 Å². The second-order valence-electron chi connectivity index (χ2n) is 5.19. The standard InChI is InChI=1S/C17H19NO6S/c1-13-3-2-4-15(11-13)24-12-17(19)23-10-9-22-14-5-7-16(8-6-14)25(18,20)21/h2-8,11H,9-10,12H2,1H3,(H2,18,20,21). The van der Waals surface area contributed by atoms with Crippen LogP contribution in [0.5, 0.6) is 11.5 Å². The van der Waals surface area contributed by atoms with Crippen molar-refractivity contribution in [1.29, 1.82) is 0 Å². The van der Waals surface area contributed by atoms with Gasteiger partial charge in [-0.1, -0.05) is 12.1 Å². The van der Waals surface area contributed by atoms with Crippen LogP contribution in [-0.2, 0) is 19.6 Å². The van der Waals surface area contributed by atoms with E-state index in [4.69, 9.17) is 19.3 Å². The molecule has 0 aliphatic rings. The molecular formula is C17H19NO6S. The van der Waals surface area contributed by atoms with E-state index >= 15 is 0 Å². The number of nitrogens with two attached hydrogens (primary N) is 1. The lowest BCUT2D eigenvalue weighted by atomic mass is 10.2. The molecule has 25 heavy (non-hydrogen) atoms. The van der Waals surface area contributed by atoms with Gasteiger partial charge in [0, 0.05) is 0 Å². The molecule has 0 heterocycles. The molecule has 0 amide bonds. The maximum Gasteiger partial charge on any atom is 0.344 e. The Hall–Kier alpha value is -2.58. The summed E-state index contributed by atoms with van der Waals surface area (Å²) < 4.78 is 37.9. The summed E-state index contributed by atoms with van der Waals surface area (Å²) in [5.74, 6) is 0.539. The molecule has 8 heteroatoms. The quantitative estimate of drug-likeness (QED) is 0.563. The van der Waals surface area contributed by atoms with Crippen molar-refractivity contribution in [3.05, 3.63) is 54.1 Å². The smallest absolute Gasteiger partial charge is 0.344 e. The topological polar surface area (TPSA) is 105 Å². The van der Waals surface area contributed by atoms with Gasteiger partial charge in [-0.25, -0.2) is 18.4 Å². The molecule has 2 aromatic carbocycles. The lowest BCUT2D eigenvalue weighted by Crippen LogP contribution is -2.18. The van der Waals surface area contributed by atoms with Gasteiger partial charge in [-0.15, -0.1) is 0 Å². The van der Waals surface area contributed by atoms with Crippen molar-refractivity contribution in [3.63, 3.8) is 0 Å². The Morgan fingerprint density at radius 2 is 1.72 bits per heavy atom. The second-order valence-corrected chi connectivity index (χ2v) is 6.75. The number of benzene rings is 2. The third kappa shape index (κ3) is 6.44. The Morgan fingerprint density at radius 3 is 2.36 bits per heavy atom. The molecule has 0 aliphatic heterocycles. The van der Waals surface area contributed by atoms with Crippen molar-refractivity contribution >= 4 is 16.0 Å². The van der Waals surface area contributed by atoms with Crippen molar-refractivity contribution in [2.75, 3.05) is 19.8 Å². The number of ether oxygens (including phenoxy) is 3. The summed E-state index contributed by atoms with van der Waals surface area (Å²) in [7, 11) is -3.73. The molecule has 134 valence electrons. The molecule has 0 aromatic heterocycles. The minimum Gasteiger partial charge on any atom is -0.490 e.